The number of allylic oxidation sites excluding steroid dienone is 1. The number of carbonyl (C=O) groups is 4. The first kappa shape index (κ1) is 29.2. The molecule has 0 heterocycles. The third-order valence-electron chi connectivity index (χ3n) is 11.5. The Morgan fingerprint density at radius 1 is 0.900 bits per heavy atom. The number of ketones is 1. The molecule has 5 aliphatic rings. The Labute approximate surface area is 236 Å². The maximum Gasteiger partial charge on any atom is 0.307 e. The standard InChI is InChI=1S/C31H44O9/c1-14-12-21(38-15(2)32)31(7,37)25-23(14)29(5)11-10-19-22(24(29)28(25)40-17(4)34)27(39-16(3)33)26(36)20-9-8-18(35)13-30(19,20)6/h12,14,18-20,22-25,27-28,35,37H,8-11,13H2,1-7H3/t14-,18+,19?,20?,22-,23?,24?,25+,27-,28-,29-,30-,31+/m1/s1. The zero-order valence-corrected chi connectivity index (χ0v) is 24.6. The fourth-order valence-corrected chi connectivity index (χ4v) is 10.4. The second-order valence-electron chi connectivity index (χ2n) is 13.9. The van der Waals surface area contributed by atoms with Gasteiger partial charge in [-0.1, -0.05) is 20.8 Å². The first-order chi connectivity index (χ1) is 18.5. The van der Waals surface area contributed by atoms with Crippen LogP contribution in [0.5, 0.6) is 0 Å². The maximum atomic E-state index is 14.2. The van der Waals surface area contributed by atoms with Gasteiger partial charge in [-0.15, -0.1) is 0 Å². The van der Waals surface area contributed by atoms with Gasteiger partial charge < -0.3 is 24.4 Å². The summed E-state index contributed by atoms with van der Waals surface area (Å²) in [6.45, 7) is 11.8. The van der Waals surface area contributed by atoms with Crippen LogP contribution in [-0.4, -0.2) is 57.8 Å². The first-order valence-electron chi connectivity index (χ1n) is 14.7. The molecule has 9 heteroatoms. The third kappa shape index (κ3) is 4.17. The van der Waals surface area contributed by atoms with Crippen LogP contribution in [0.2, 0.25) is 0 Å². The highest BCUT2D eigenvalue weighted by molar-refractivity contribution is 5.89. The molecule has 4 fully saturated rings. The van der Waals surface area contributed by atoms with Gasteiger partial charge in [-0.3, -0.25) is 19.2 Å². The summed E-state index contributed by atoms with van der Waals surface area (Å²) in [6, 6.07) is 0. The fourth-order valence-electron chi connectivity index (χ4n) is 10.4. The van der Waals surface area contributed by atoms with Crippen molar-refractivity contribution in [1.29, 1.82) is 0 Å². The molecule has 0 aromatic rings. The van der Waals surface area contributed by atoms with Crippen LogP contribution in [-0.2, 0) is 33.4 Å². The van der Waals surface area contributed by atoms with E-state index >= 15 is 0 Å². The summed E-state index contributed by atoms with van der Waals surface area (Å²) in [7, 11) is 0. The monoisotopic (exact) mass is 560 g/mol. The minimum atomic E-state index is -1.62. The zero-order valence-electron chi connectivity index (χ0n) is 24.6. The molecule has 0 saturated heterocycles. The van der Waals surface area contributed by atoms with Crippen LogP contribution in [0.3, 0.4) is 0 Å². The minimum Gasteiger partial charge on any atom is -0.462 e. The molecule has 13 atom stereocenters. The van der Waals surface area contributed by atoms with E-state index in [0.717, 1.165) is 12.8 Å². The number of fused-ring (bicyclic) bond motifs is 7. The van der Waals surface area contributed by atoms with E-state index in [1.807, 2.05) is 6.92 Å². The van der Waals surface area contributed by atoms with Gasteiger partial charge in [-0.2, -0.15) is 0 Å². The number of hydrogen-bond donors (Lipinski definition) is 2. The molecule has 40 heavy (non-hydrogen) atoms. The normalized spacial score (nSPS) is 49.4. The quantitative estimate of drug-likeness (QED) is 0.393. The molecular formula is C31H44O9. The number of hydrogen-bond acceptors (Lipinski definition) is 9. The fraction of sp³-hybridized carbons (Fsp3) is 0.806. The molecule has 5 aliphatic carbocycles. The molecular weight excluding hydrogens is 516 g/mol. The van der Waals surface area contributed by atoms with Crippen molar-refractivity contribution in [3.8, 4) is 0 Å². The molecule has 0 bridgehead atoms. The van der Waals surface area contributed by atoms with E-state index in [2.05, 4.69) is 13.8 Å². The van der Waals surface area contributed by atoms with Gasteiger partial charge in [0.25, 0.3) is 0 Å². The molecule has 222 valence electrons. The molecule has 2 N–H and O–H groups in total. The molecule has 4 saturated carbocycles. The molecule has 4 unspecified atom stereocenters. The van der Waals surface area contributed by atoms with Gasteiger partial charge in [0.1, 0.15) is 17.5 Å². The van der Waals surface area contributed by atoms with Crippen molar-refractivity contribution in [3.05, 3.63) is 11.8 Å². The van der Waals surface area contributed by atoms with E-state index in [4.69, 9.17) is 14.2 Å². The Morgan fingerprint density at radius 3 is 2.15 bits per heavy atom. The van der Waals surface area contributed by atoms with E-state index in [1.54, 1.807) is 13.0 Å². The van der Waals surface area contributed by atoms with Crippen LogP contribution in [0.15, 0.2) is 11.8 Å². The lowest BCUT2D eigenvalue weighted by Gasteiger charge is -2.62. The second kappa shape index (κ2) is 9.65. The Hall–Kier alpha value is -2.26. The van der Waals surface area contributed by atoms with Crippen molar-refractivity contribution in [3.63, 3.8) is 0 Å². The van der Waals surface area contributed by atoms with Gasteiger partial charge in [-0.05, 0) is 73.7 Å². The second-order valence-corrected chi connectivity index (χ2v) is 13.9. The van der Waals surface area contributed by atoms with E-state index in [1.165, 1.54) is 20.8 Å². The van der Waals surface area contributed by atoms with Crippen molar-refractivity contribution in [2.24, 2.45) is 52.3 Å². The molecule has 5 rings (SSSR count). The molecule has 0 radical (unpaired) electrons. The molecule has 0 aliphatic heterocycles. The zero-order chi connectivity index (χ0) is 29.5. The van der Waals surface area contributed by atoms with Gasteiger partial charge in [-0.25, -0.2) is 0 Å². The van der Waals surface area contributed by atoms with Gasteiger partial charge in [0.05, 0.1) is 6.10 Å². The molecule has 0 aromatic carbocycles. The van der Waals surface area contributed by atoms with Gasteiger partial charge in [0.15, 0.2) is 11.9 Å². The maximum absolute atomic E-state index is 14.2. The Kier molecular flexibility index (Phi) is 7.05. The summed E-state index contributed by atoms with van der Waals surface area (Å²) in [5, 5.41) is 22.8. The number of esters is 3. The summed E-state index contributed by atoms with van der Waals surface area (Å²) >= 11 is 0. The summed E-state index contributed by atoms with van der Waals surface area (Å²) in [5.41, 5.74) is -2.61. The predicted octanol–water partition coefficient (Wildman–Crippen LogP) is 3.34. The van der Waals surface area contributed by atoms with Crippen molar-refractivity contribution < 1.29 is 43.6 Å². The lowest BCUT2D eigenvalue weighted by atomic mass is 9.43. The summed E-state index contributed by atoms with van der Waals surface area (Å²) in [6.07, 6.45) is 2.55. The number of aliphatic hydroxyl groups excluding tert-OH is 1. The van der Waals surface area contributed by atoms with E-state index in [9.17, 15) is 29.4 Å². The van der Waals surface area contributed by atoms with Gasteiger partial charge >= 0.3 is 17.9 Å². The smallest absolute Gasteiger partial charge is 0.307 e. The average molecular weight is 561 g/mol. The van der Waals surface area contributed by atoms with Crippen LogP contribution >= 0.6 is 0 Å². The highest BCUT2D eigenvalue weighted by atomic mass is 16.6. The van der Waals surface area contributed by atoms with E-state index in [-0.39, 0.29) is 35.2 Å². The van der Waals surface area contributed by atoms with Crippen LogP contribution in [0.1, 0.15) is 80.6 Å². The molecule has 9 nitrogen and oxygen atoms in total. The average Bonchev–Trinajstić information content (AvgIpc) is 3.08. The Balaban J connectivity index is 1.69. The first-order valence-corrected chi connectivity index (χ1v) is 14.7. The van der Waals surface area contributed by atoms with Crippen molar-refractivity contribution >= 4 is 23.7 Å². The lowest BCUT2D eigenvalue weighted by Crippen LogP contribution is -2.64. The number of ether oxygens (including phenoxy) is 3. The summed E-state index contributed by atoms with van der Waals surface area (Å²) in [4.78, 5) is 51.2. The molecule has 0 amide bonds. The van der Waals surface area contributed by atoms with Gasteiger partial charge in [0, 0.05) is 44.4 Å². The third-order valence-corrected chi connectivity index (χ3v) is 11.5. The lowest BCUT2D eigenvalue weighted by molar-refractivity contribution is -0.205. The Bertz CT molecular complexity index is 1140. The summed E-state index contributed by atoms with van der Waals surface area (Å²) < 4.78 is 17.5. The number of aliphatic hydroxyl groups is 2. The highest BCUT2D eigenvalue weighted by Crippen LogP contribution is 2.72. The topological polar surface area (TPSA) is 136 Å². The van der Waals surface area contributed by atoms with Crippen molar-refractivity contribution in [1.82, 2.24) is 0 Å². The van der Waals surface area contributed by atoms with E-state index < -0.39 is 70.4 Å². The van der Waals surface area contributed by atoms with E-state index in [0.29, 0.717) is 19.3 Å². The number of Topliss-reactive ketones (excluding diaryl/α,β-unsaturated/α-hetero) is 1. The largest absolute Gasteiger partial charge is 0.462 e. The van der Waals surface area contributed by atoms with Crippen LogP contribution in [0, 0.1) is 52.3 Å². The summed E-state index contributed by atoms with van der Waals surface area (Å²) in [5.74, 6) is -3.75. The SMILES string of the molecule is CC(=O)OC1=C[C@@H](C)C2[C@@H]([C@H](OC(C)=O)C3[C@H]4C(CC[C@@]32C)[C@@]2(C)C[C@@H](O)CCC2C(=O)[C@@H]4OC(C)=O)[C@@]1(C)O. The van der Waals surface area contributed by atoms with Crippen LogP contribution in [0.4, 0.5) is 0 Å². The highest BCUT2D eigenvalue weighted by Gasteiger charge is 2.74. The molecule has 0 aromatic heterocycles. The Morgan fingerprint density at radius 2 is 1.55 bits per heavy atom. The van der Waals surface area contributed by atoms with Crippen LogP contribution in [0.25, 0.3) is 0 Å². The predicted molar refractivity (Wildman–Crippen MR) is 142 cm³/mol. The van der Waals surface area contributed by atoms with Crippen LogP contribution < -0.4 is 0 Å². The van der Waals surface area contributed by atoms with Crippen molar-refractivity contribution in [2.45, 2.75) is 104 Å². The van der Waals surface area contributed by atoms with Crippen molar-refractivity contribution in [2.75, 3.05) is 0 Å². The molecule has 0 spiro atoms. The van der Waals surface area contributed by atoms with Gasteiger partial charge in [0.2, 0.25) is 0 Å². The minimum absolute atomic E-state index is 0.0630. The number of carbonyl (C=O) groups excluding carboxylic acids is 4. The number of rotatable bonds is 3.